The normalized spacial score (nSPS) is 16.9. The van der Waals surface area contributed by atoms with E-state index in [1.165, 1.54) is 0 Å². The summed E-state index contributed by atoms with van der Waals surface area (Å²) in [6.07, 6.45) is 7.85. The number of nitrogens with zero attached hydrogens (tertiary/aromatic N) is 1. The molecule has 0 radical (unpaired) electrons. The highest BCUT2D eigenvalue weighted by Gasteiger charge is 2.06. The summed E-state index contributed by atoms with van der Waals surface area (Å²) in [6.45, 7) is 1.83. The summed E-state index contributed by atoms with van der Waals surface area (Å²) in [5.41, 5.74) is 7.85. The first-order valence-electron chi connectivity index (χ1n) is 3.65. The first kappa shape index (κ1) is 8.52. The van der Waals surface area contributed by atoms with Crippen LogP contribution in [0.5, 0.6) is 0 Å². The second-order valence-corrected chi connectivity index (χ2v) is 2.52. The second-order valence-electron chi connectivity index (χ2n) is 2.52. The van der Waals surface area contributed by atoms with Gasteiger partial charge >= 0.3 is 6.03 Å². The number of allylic oxidation sites excluding steroid dienone is 4. The Morgan fingerprint density at radius 3 is 2.58 bits per heavy atom. The van der Waals surface area contributed by atoms with Crippen molar-refractivity contribution in [3.05, 3.63) is 24.3 Å². The number of hydrazone groups is 1. The Hall–Kier alpha value is -1.58. The highest BCUT2D eigenvalue weighted by atomic mass is 16.2. The van der Waals surface area contributed by atoms with Crippen LogP contribution in [0.25, 0.3) is 0 Å². The Labute approximate surface area is 70.8 Å². The number of carbonyl (C=O) groups excluding carboxylic acids is 1. The quantitative estimate of drug-likeness (QED) is 0.460. The molecule has 1 aliphatic rings. The number of urea groups is 1. The number of carbonyl (C=O) groups is 1. The van der Waals surface area contributed by atoms with Gasteiger partial charge < -0.3 is 5.73 Å². The lowest BCUT2D eigenvalue weighted by atomic mass is 10.1. The van der Waals surface area contributed by atoms with Crippen LogP contribution in [0.2, 0.25) is 0 Å². The molecule has 0 bridgehead atoms. The summed E-state index contributed by atoms with van der Waals surface area (Å²) < 4.78 is 0. The largest absolute Gasteiger partial charge is 0.350 e. The molecule has 0 atom stereocenters. The number of hydrogen-bond donors (Lipinski definition) is 2. The molecule has 12 heavy (non-hydrogen) atoms. The molecule has 0 aromatic heterocycles. The molecule has 0 spiro atoms. The molecule has 64 valence electrons. The number of nitrogens with two attached hydrogens (primary N) is 1. The monoisotopic (exact) mass is 165 g/mol. The summed E-state index contributed by atoms with van der Waals surface area (Å²) >= 11 is 0. The van der Waals surface area contributed by atoms with Crippen LogP contribution in [0.15, 0.2) is 29.4 Å². The third-order valence-electron chi connectivity index (χ3n) is 1.57. The van der Waals surface area contributed by atoms with Gasteiger partial charge in [-0.05, 0) is 6.92 Å². The van der Waals surface area contributed by atoms with Gasteiger partial charge in [0.05, 0.1) is 0 Å². The minimum absolute atomic E-state index is 0.192. The summed E-state index contributed by atoms with van der Waals surface area (Å²) in [4.78, 5) is 10.3. The molecule has 0 aliphatic heterocycles. The van der Waals surface area contributed by atoms with E-state index in [2.05, 4.69) is 10.5 Å². The summed E-state index contributed by atoms with van der Waals surface area (Å²) in [6, 6.07) is -0.639. The van der Waals surface area contributed by atoms with Gasteiger partial charge in [0, 0.05) is 11.6 Å². The van der Waals surface area contributed by atoms with Crippen LogP contribution in [-0.2, 0) is 0 Å². The van der Waals surface area contributed by atoms with Crippen molar-refractivity contribution in [3.63, 3.8) is 0 Å². The third kappa shape index (κ3) is 2.23. The van der Waals surface area contributed by atoms with E-state index in [1.54, 1.807) is 0 Å². The van der Waals surface area contributed by atoms with Gasteiger partial charge in [0.25, 0.3) is 0 Å². The van der Waals surface area contributed by atoms with Crippen molar-refractivity contribution in [2.24, 2.45) is 16.8 Å². The molecule has 4 nitrogen and oxygen atoms in total. The van der Waals surface area contributed by atoms with Gasteiger partial charge in [-0.25, -0.2) is 10.2 Å². The zero-order chi connectivity index (χ0) is 8.97. The lowest BCUT2D eigenvalue weighted by Gasteiger charge is -2.03. The minimum atomic E-state index is -0.639. The van der Waals surface area contributed by atoms with Gasteiger partial charge in [-0.3, -0.25) is 0 Å². The van der Waals surface area contributed by atoms with Crippen LogP contribution in [0.3, 0.4) is 0 Å². The Balaban J connectivity index is 2.51. The van der Waals surface area contributed by atoms with Crippen LogP contribution < -0.4 is 11.2 Å². The molecule has 1 rings (SSSR count). The average Bonchev–Trinajstić information content (AvgIpc) is 2.51. The fourth-order valence-electron chi connectivity index (χ4n) is 0.928. The zero-order valence-electron chi connectivity index (χ0n) is 6.82. The van der Waals surface area contributed by atoms with Crippen molar-refractivity contribution in [1.82, 2.24) is 5.43 Å². The van der Waals surface area contributed by atoms with Gasteiger partial charge in [-0.1, -0.05) is 24.3 Å². The molecule has 3 N–H and O–H groups in total. The molecule has 0 saturated carbocycles. The molecule has 0 aromatic carbocycles. The fraction of sp³-hybridized carbons (Fsp3) is 0.250. The molecule has 1 aliphatic carbocycles. The van der Waals surface area contributed by atoms with E-state index in [0.29, 0.717) is 0 Å². The number of rotatable bonds is 2. The third-order valence-corrected chi connectivity index (χ3v) is 1.57. The predicted octanol–water partition coefficient (Wildman–Crippen LogP) is 0.773. The zero-order valence-corrected chi connectivity index (χ0v) is 6.82. The van der Waals surface area contributed by atoms with Gasteiger partial charge in [-0.2, -0.15) is 5.10 Å². The smallest absolute Gasteiger partial charge is 0.332 e. The number of amides is 2. The highest BCUT2D eigenvalue weighted by molar-refractivity contribution is 5.89. The lowest BCUT2D eigenvalue weighted by molar-refractivity contribution is 0.249. The standard InChI is InChI=1S/C8H11N3O/c1-6(10-11-8(9)12)7-4-2-3-5-7/h2-5,7H,1H3,(H3,9,11,12). The summed E-state index contributed by atoms with van der Waals surface area (Å²) in [7, 11) is 0. The van der Waals surface area contributed by atoms with Crippen LogP contribution in [0.4, 0.5) is 4.79 Å². The van der Waals surface area contributed by atoms with Crippen LogP contribution in [0, 0.1) is 5.92 Å². The van der Waals surface area contributed by atoms with Crippen LogP contribution in [0.1, 0.15) is 6.92 Å². The van der Waals surface area contributed by atoms with E-state index in [1.807, 2.05) is 31.2 Å². The maximum Gasteiger partial charge on any atom is 0.332 e. The average molecular weight is 165 g/mol. The Kier molecular flexibility index (Phi) is 2.63. The van der Waals surface area contributed by atoms with Gasteiger partial charge in [0.1, 0.15) is 0 Å². The number of nitrogens with one attached hydrogen (secondary N) is 1. The Bertz CT molecular complexity index is 253. The topological polar surface area (TPSA) is 67.5 Å². The van der Waals surface area contributed by atoms with Crippen molar-refractivity contribution in [1.29, 1.82) is 0 Å². The Morgan fingerprint density at radius 1 is 1.50 bits per heavy atom. The number of hydrogen-bond acceptors (Lipinski definition) is 2. The summed E-state index contributed by atoms with van der Waals surface area (Å²) in [5.74, 6) is 0.192. The second kappa shape index (κ2) is 3.71. The van der Waals surface area contributed by atoms with E-state index < -0.39 is 6.03 Å². The highest BCUT2D eigenvalue weighted by Crippen LogP contribution is 2.09. The number of primary amides is 1. The first-order chi connectivity index (χ1) is 5.70. The maximum absolute atomic E-state index is 10.3. The maximum atomic E-state index is 10.3. The SMILES string of the molecule is CC(=NNC(N)=O)C1C=CC=C1. The molecule has 0 heterocycles. The van der Waals surface area contributed by atoms with Crippen LogP contribution >= 0.6 is 0 Å². The molecule has 4 heteroatoms. The van der Waals surface area contributed by atoms with Gasteiger partial charge in [-0.15, -0.1) is 0 Å². The molecule has 0 unspecified atom stereocenters. The predicted molar refractivity (Wildman–Crippen MR) is 47.6 cm³/mol. The molecular formula is C8H11N3O. The lowest BCUT2D eigenvalue weighted by Crippen LogP contribution is -2.26. The molecule has 0 saturated heterocycles. The van der Waals surface area contributed by atoms with E-state index in [9.17, 15) is 4.79 Å². The minimum Gasteiger partial charge on any atom is -0.350 e. The first-order valence-corrected chi connectivity index (χ1v) is 3.65. The van der Waals surface area contributed by atoms with Crippen molar-refractivity contribution in [3.8, 4) is 0 Å². The van der Waals surface area contributed by atoms with Gasteiger partial charge in [0.15, 0.2) is 0 Å². The van der Waals surface area contributed by atoms with Crippen molar-refractivity contribution in [2.75, 3.05) is 0 Å². The molecule has 0 aromatic rings. The van der Waals surface area contributed by atoms with Gasteiger partial charge in [0.2, 0.25) is 0 Å². The van der Waals surface area contributed by atoms with E-state index in [-0.39, 0.29) is 5.92 Å². The van der Waals surface area contributed by atoms with E-state index in [4.69, 9.17) is 5.73 Å². The van der Waals surface area contributed by atoms with E-state index in [0.717, 1.165) is 5.71 Å². The molecular weight excluding hydrogens is 154 g/mol. The van der Waals surface area contributed by atoms with E-state index >= 15 is 0 Å². The summed E-state index contributed by atoms with van der Waals surface area (Å²) in [5, 5.41) is 3.80. The van der Waals surface area contributed by atoms with Crippen LogP contribution in [-0.4, -0.2) is 11.7 Å². The molecule has 0 fully saturated rings. The fourth-order valence-corrected chi connectivity index (χ4v) is 0.928. The molecule has 2 amide bonds. The Morgan fingerprint density at radius 2 is 2.08 bits per heavy atom. The van der Waals surface area contributed by atoms with Crippen molar-refractivity contribution in [2.45, 2.75) is 6.92 Å². The van der Waals surface area contributed by atoms with Crippen molar-refractivity contribution >= 4 is 11.7 Å². The van der Waals surface area contributed by atoms with Crippen molar-refractivity contribution < 1.29 is 4.79 Å².